The van der Waals surface area contributed by atoms with E-state index in [1.807, 2.05) is 42.2 Å². The van der Waals surface area contributed by atoms with Gasteiger partial charge in [-0.1, -0.05) is 36.9 Å². The molecule has 0 aromatic heterocycles. The first-order valence-corrected chi connectivity index (χ1v) is 9.30. The molecule has 2 heterocycles. The molecule has 0 saturated carbocycles. The van der Waals surface area contributed by atoms with Crippen molar-refractivity contribution < 1.29 is 9.59 Å². The van der Waals surface area contributed by atoms with Crippen molar-refractivity contribution >= 4 is 11.8 Å². The molecule has 0 bridgehead atoms. The second kappa shape index (κ2) is 7.81. The number of likely N-dealkylation sites (tertiary alicyclic amines) is 1. The van der Waals surface area contributed by atoms with E-state index >= 15 is 0 Å². The Labute approximate surface area is 155 Å². The summed E-state index contributed by atoms with van der Waals surface area (Å²) in [5.74, 6) is 0.849. The van der Waals surface area contributed by atoms with E-state index in [0.29, 0.717) is 0 Å². The second-order valence-electron chi connectivity index (χ2n) is 7.32. The van der Waals surface area contributed by atoms with Crippen LogP contribution >= 0.6 is 0 Å². The molecule has 0 radical (unpaired) electrons. The highest BCUT2D eigenvalue weighted by Crippen LogP contribution is 2.26. The number of carbonyl (C=O) groups excluding carboxylic acids is 2. The molecule has 26 heavy (non-hydrogen) atoms. The van der Waals surface area contributed by atoms with Gasteiger partial charge in [-0.2, -0.15) is 0 Å². The molecule has 0 unspecified atom stereocenters. The molecular weight excluding hydrogens is 328 g/mol. The molecule has 3 rings (SSSR count). The van der Waals surface area contributed by atoms with Crippen molar-refractivity contribution in [1.82, 2.24) is 20.9 Å². The van der Waals surface area contributed by atoms with Crippen LogP contribution in [0.2, 0.25) is 0 Å². The van der Waals surface area contributed by atoms with Crippen LogP contribution in [-0.2, 0) is 9.59 Å². The zero-order valence-electron chi connectivity index (χ0n) is 15.4. The van der Waals surface area contributed by atoms with Gasteiger partial charge in [0.25, 0.3) is 0 Å². The van der Waals surface area contributed by atoms with Gasteiger partial charge >= 0.3 is 0 Å². The summed E-state index contributed by atoms with van der Waals surface area (Å²) in [7, 11) is 0. The first-order valence-electron chi connectivity index (χ1n) is 9.30. The second-order valence-corrected chi connectivity index (χ2v) is 7.32. The maximum absolute atomic E-state index is 12.4. The van der Waals surface area contributed by atoms with Crippen molar-refractivity contribution in [2.45, 2.75) is 44.2 Å². The van der Waals surface area contributed by atoms with E-state index < -0.39 is 0 Å². The number of hydrogen-bond acceptors (Lipinski definition) is 4. The number of carbonyl (C=O) groups is 2. The highest BCUT2D eigenvalue weighted by Gasteiger charge is 2.39. The summed E-state index contributed by atoms with van der Waals surface area (Å²) in [4.78, 5) is 26.4. The number of benzene rings is 1. The summed E-state index contributed by atoms with van der Waals surface area (Å²) in [6.07, 6.45) is 2.30. The fourth-order valence-corrected chi connectivity index (χ4v) is 3.69. The highest BCUT2D eigenvalue weighted by molar-refractivity contribution is 5.84. The Morgan fingerprint density at radius 1 is 1.23 bits per heavy atom. The molecule has 3 N–H and O–H groups in total. The normalized spacial score (nSPS) is 19.6. The predicted molar refractivity (Wildman–Crippen MR) is 101 cm³/mol. The lowest BCUT2D eigenvalue weighted by atomic mass is 9.88. The van der Waals surface area contributed by atoms with Gasteiger partial charge in [-0.25, -0.2) is 0 Å². The van der Waals surface area contributed by atoms with Crippen LogP contribution in [0.3, 0.4) is 0 Å². The monoisotopic (exact) mass is 356 g/mol. The summed E-state index contributed by atoms with van der Waals surface area (Å²) in [6.45, 7) is 8.18. The maximum atomic E-state index is 12.4. The molecule has 2 fully saturated rings. The topological polar surface area (TPSA) is 73.5 Å². The maximum Gasteiger partial charge on any atom is 0.223 e. The van der Waals surface area contributed by atoms with E-state index in [4.69, 9.17) is 0 Å². The first kappa shape index (κ1) is 18.3. The quantitative estimate of drug-likeness (QED) is 0.750. The van der Waals surface area contributed by atoms with Crippen LogP contribution in [0, 0.1) is 0 Å². The Kier molecular flexibility index (Phi) is 5.49. The summed E-state index contributed by atoms with van der Waals surface area (Å²) in [5.41, 5.74) is 1.10. The van der Waals surface area contributed by atoms with E-state index in [-0.39, 0.29) is 36.2 Å². The molecule has 2 amide bonds. The van der Waals surface area contributed by atoms with Crippen LogP contribution in [0.25, 0.3) is 0 Å². The van der Waals surface area contributed by atoms with E-state index in [1.54, 1.807) is 0 Å². The zero-order chi connectivity index (χ0) is 18.6. The summed E-state index contributed by atoms with van der Waals surface area (Å²) in [6, 6.07) is 9.78. The number of amides is 2. The van der Waals surface area contributed by atoms with Crippen LogP contribution in [0.15, 0.2) is 42.7 Å². The van der Waals surface area contributed by atoms with Crippen molar-refractivity contribution in [2.24, 2.45) is 0 Å². The van der Waals surface area contributed by atoms with Gasteiger partial charge in [-0.15, -0.1) is 0 Å². The van der Waals surface area contributed by atoms with Crippen LogP contribution in [0.5, 0.6) is 0 Å². The van der Waals surface area contributed by atoms with E-state index in [1.165, 1.54) is 0 Å². The molecule has 1 atom stereocenters. The molecule has 2 saturated heterocycles. The number of nitrogens with one attached hydrogen (secondary N) is 3. The van der Waals surface area contributed by atoms with Gasteiger partial charge < -0.3 is 20.9 Å². The molecule has 1 aromatic carbocycles. The summed E-state index contributed by atoms with van der Waals surface area (Å²) >= 11 is 0. The molecule has 1 aromatic rings. The van der Waals surface area contributed by atoms with Crippen molar-refractivity contribution in [1.29, 1.82) is 0 Å². The van der Waals surface area contributed by atoms with E-state index in [9.17, 15) is 9.59 Å². The van der Waals surface area contributed by atoms with Gasteiger partial charge in [-0.3, -0.25) is 9.59 Å². The third-order valence-corrected chi connectivity index (χ3v) is 5.37. The minimum absolute atomic E-state index is 0.0380. The van der Waals surface area contributed by atoms with Gasteiger partial charge in [-0.05, 0) is 25.3 Å². The standard InChI is InChI=1S/C20H28N4O2/c1-15(17-6-4-3-5-7-17)22-18(25)8-9-19(26)24-12-10-20(11-13-24)14-21-16(2)23-20/h3-7,15,21,23H,2,8-14H2,1H3,(H,22,25)/t15-/m1/s1. The van der Waals surface area contributed by atoms with E-state index in [0.717, 1.165) is 43.9 Å². The lowest BCUT2D eigenvalue weighted by molar-refractivity contribution is -0.135. The Balaban J connectivity index is 1.40. The van der Waals surface area contributed by atoms with Crippen molar-refractivity contribution in [3.8, 4) is 0 Å². The SMILES string of the molecule is C=C1NCC2(CCN(C(=O)CCC(=O)N[C@H](C)c3ccccc3)CC2)N1. The fraction of sp³-hybridized carbons (Fsp3) is 0.500. The smallest absolute Gasteiger partial charge is 0.223 e. The molecule has 140 valence electrons. The minimum Gasteiger partial charge on any atom is -0.370 e. The van der Waals surface area contributed by atoms with Crippen molar-refractivity contribution in [3.63, 3.8) is 0 Å². The Morgan fingerprint density at radius 3 is 2.54 bits per heavy atom. The van der Waals surface area contributed by atoms with Gasteiger partial charge in [0.2, 0.25) is 11.8 Å². The largest absolute Gasteiger partial charge is 0.370 e. The van der Waals surface area contributed by atoms with Crippen LogP contribution in [0.4, 0.5) is 0 Å². The minimum atomic E-state index is -0.0823. The van der Waals surface area contributed by atoms with Crippen LogP contribution < -0.4 is 16.0 Å². The van der Waals surface area contributed by atoms with Crippen molar-refractivity contribution in [3.05, 3.63) is 48.3 Å². The van der Waals surface area contributed by atoms with Gasteiger partial charge in [0.05, 0.1) is 17.4 Å². The third-order valence-electron chi connectivity index (χ3n) is 5.37. The number of hydrogen-bond donors (Lipinski definition) is 3. The average Bonchev–Trinajstić information content (AvgIpc) is 3.01. The lowest BCUT2D eigenvalue weighted by Gasteiger charge is -2.38. The van der Waals surface area contributed by atoms with Crippen LogP contribution in [-0.4, -0.2) is 41.9 Å². The third kappa shape index (κ3) is 4.36. The van der Waals surface area contributed by atoms with Gasteiger partial charge in [0.1, 0.15) is 0 Å². The lowest BCUT2D eigenvalue weighted by Crippen LogP contribution is -2.53. The van der Waals surface area contributed by atoms with Gasteiger partial charge in [0.15, 0.2) is 0 Å². The summed E-state index contributed by atoms with van der Waals surface area (Å²) < 4.78 is 0. The Hall–Kier alpha value is -2.50. The van der Waals surface area contributed by atoms with E-state index in [2.05, 4.69) is 22.5 Å². The first-order chi connectivity index (χ1) is 12.5. The number of rotatable bonds is 5. The Morgan fingerprint density at radius 2 is 1.92 bits per heavy atom. The highest BCUT2D eigenvalue weighted by atomic mass is 16.2. The zero-order valence-corrected chi connectivity index (χ0v) is 15.4. The molecular formula is C20H28N4O2. The molecule has 2 aliphatic heterocycles. The molecule has 6 nitrogen and oxygen atoms in total. The van der Waals surface area contributed by atoms with Crippen LogP contribution in [0.1, 0.15) is 44.2 Å². The van der Waals surface area contributed by atoms with Gasteiger partial charge in [0, 0.05) is 32.5 Å². The molecule has 0 aliphatic carbocycles. The molecule has 2 aliphatic rings. The average molecular weight is 356 g/mol. The number of piperidine rings is 1. The summed E-state index contributed by atoms with van der Waals surface area (Å²) in [5, 5.41) is 9.60. The molecule has 6 heteroatoms. The Bertz CT molecular complexity index is 666. The fourth-order valence-electron chi connectivity index (χ4n) is 3.69. The number of nitrogens with zero attached hydrogens (tertiary/aromatic N) is 1. The predicted octanol–water partition coefficient (Wildman–Crippen LogP) is 1.67. The van der Waals surface area contributed by atoms with Crippen molar-refractivity contribution in [2.75, 3.05) is 19.6 Å². The molecule has 1 spiro atoms.